The van der Waals surface area contributed by atoms with Crippen molar-refractivity contribution in [2.24, 2.45) is 0 Å². The Morgan fingerprint density at radius 2 is 2.12 bits per heavy atom. The van der Waals surface area contributed by atoms with Gasteiger partial charge in [0.25, 0.3) is 0 Å². The van der Waals surface area contributed by atoms with Gasteiger partial charge in [-0.05, 0) is 19.1 Å². The molecular weight excluding hydrogens is 334 g/mol. The molecule has 0 aliphatic carbocycles. The van der Waals surface area contributed by atoms with E-state index in [0.717, 1.165) is 6.26 Å². The van der Waals surface area contributed by atoms with Crippen LogP contribution in [0.4, 0.5) is 10.5 Å². The lowest BCUT2D eigenvalue weighted by Gasteiger charge is -2.31. The molecule has 0 unspecified atom stereocenters. The maximum Gasteiger partial charge on any atom is 0.319 e. The van der Waals surface area contributed by atoms with Crippen LogP contribution in [0.5, 0.6) is 0 Å². The minimum absolute atomic E-state index is 0.0875. The van der Waals surface area contributed by atoms with Gasteiger partial charge in [0.1, 0.15) is 0 Å². The van der Waals surface area contributed by atoms with Crippen LogP contribution >= 0.6 is 0 Å². The van der Waals surface area contributed by atoms with E-state index in [9.17, 15) is 18.0 Å². The zero-order chi connectivity index (χ0) is 17.7. The second kappa shape index (κ2) is 7.73. The number of ether oxygens (including phenoxy) is 1. The lowest BCUT2D eigenvalue weighted by Crippen LogP contribution is -2.49. The summed E-state index contributed by atoms with van der Waals surface area (Å²) in [4.78, 5) is 23.2. The Morgan fingerprint density at radius 1 is 1.38 bits per heavy atom. The van der Waals surface area contributed by atoms with E-state index in [-0.39, 0.29) is 18.9 Å². The highest BCUT2D eigenvalue weighted by Gasteiger charge is 2.26. The fraction of sp³-hybridized carbons (Fsp3) is 0.467. The Morgan fingerprint density at radius 3 is 2.79 bits per heavy atom. The molecule has 0 aromatic heterocycles. The first-order chi connectivity index (χ1) is 11.3. The first kappa shape index (κ1) is 18.4. The summed E-state index contributed by atoms with van der Waals surface area (Å²) in [7, 11) is -3.27. The first-order valence-corrected chi connectivity index (χ1v) is 9.33. The number of Topliss-reactive ketones (excluding diaryl/α,β-unsaturated/α-hetero) is 1. The van der Waals surface area contributed by atoms with Gasteiger partial charge in [0.05, 0.1) is 19.0 Å². The van der Waals surface area contributed by atoms with E-state index < -0.39 is 22.2 Å². The number of benzene rings is 1. The molecule has 2 amide bonds. The smallest absolute Gasteiger partial charge is 0.319 e. The maximum atomic E-state index is 11.9. The van der Waals surface area contributed by atoms with Crippen LogP contribution in [0.3, 0.4) is 0 Å². The van der Waals surface area contributed by atoms with Crippen LogP contribution in [-0.2, 0) is 14.8 Å². The minimum Gasteiger partial charge on any atom is -0.374 e. The molecular formula is C15H21N3O5S. The highest BCUT2D eigenvalue weighted by atomic mass is 32.2. The van der Waals surface area contributed by atoms with Gasteiger partial charge in [-0.3, -0.25) is 4.79 Å². The fourth-order valence-corrected chi connectivity index (χ4v) is 3.16. The summed E-state index contributed by atoms with van der Waals surface area (Å²) in [6.07, 6.45) is 0.750. The Kier molecular flexibility index (Phi) is 5.92. The van der Waals surface area contributed by atoms with Gasteiger partial charge < -0.3 is 15.4 Å². The third kappa shape index (κ3) is 5.29. The molecule has 1 aliphatic rings. The van der Waals surface area contributed by atoms with Crippen LogP contribution in [0, 0.1) is 0 Å². The number of anilines is 1. The van der Waals surface area contributed by atoms with Crippen LogP contribution in [0.2, 0.25) is 0 Å². The van der Waals surface area contributed by atoms with Crippen molar-refractivity contribution >= 4 is 27.5 Å². The van der Waals surface area contributed by atoms with Gasteiger partial charge in [-0.2, -0.15) is 4.31 Å². The standard InChI is InChI=1S/C15H21N3O5S/c1-11(19)12-4-3-5-13(8-12)17-15(20)16-9-14-10-18(6-7-23-14)24(2,21)22/h3-5,8,14H,6-7,9-10H2,1-2H3,(H2,16,17,20)/t14-/m0/s1. The molecule has 0 radical (unpaired) electrons. The summed E-state index contributed by atoms with van der Waals surface area (Å²) >= 11 is 0. The van der Waals surface area contributed by atoms with Gasteiger partial charge in [-0.15, -0.1) is 0 Å². The lowest BCUT2D eigenvalue weighted by atomic mass is 10.1. The highest BCUT2D eigenvalue weighted by molar-refractivity contribution is 7.88. The quantitative estimate of drug-likeness (QED) is 0.756. The van der Waals surface area contributed by atoms with Crippen molar-refractivity contribution in [1.82, 2.24) is 9.62 Å². The van der Waals surface area contributed by atoms with E-state index in [1.54, 1.807) is 24.3 Å². The van der Waals surface area contributed by atoms with E-state index in [2.05, 4.69) is 10.6 Å². The topological polar surface area (TPSA) is 105 Å². The molecule has 1 aliphatic heterocycles. The summed E-state index contributed by atoms with van der Waals surface area (Å²) in [6.45, 7) is 2.46. The molecule has 2 N–H and O–H groups in total. The second-order valence-corrected chi connectivity index (χ2v) is 7.57. The van der Waals surface area contributed by atoms with E-state index in [1.807, 2.05) is 0 Å². The summed E-state index contributed by atoms with van der Waals surface area (Å²) < 4.78 is 29.9. The Hall–Kier alpha value is -1.97. The van der Waals surface area contributed by atoms with E-state index in [4.69, 9.17) is 4.74 Å². The van der Waals surface area contributed by atoms with Gasteiger partial charge in [0, 0.05) is 30.9 Å². The molecule has 1 fully saturated rings. The average Bonchev–Trinajstić information content (AvgIpc) is 2.52. The number of sulfonamides is 1. The summed E-state index contributed by atoms with van der Waals surface area (Å²) in [5.74, 6) is -0.0875. The predicted molar refractivity (Wildman–Crippen MR) is 89.6 cm³/mol. The maximum absolute atomic E-state index is 11.9. The number of hydrogen-bond donors (Lipinski definition) is 2. The third-order valence-electron chi connectivity index (χ3n) is 3.59. The number of ketones is 1. The van der Waals surface area contributed by atoms with Crippen LogP contribution in [0.1, 0.15) is 17.3 Å². The van der Waals surface area contributed by atoms with E-state index >= 15 is 0 Å². The number of nitrogens with one attached hydrogen (secondary N) is 2. The van der Waals surface area contributed by atoms with Gasteiger partial charge >= 0.3 is 6.03 Å². The van der Waals surface area contributed by atoms with Crippen LogP contribution < -0.4 is 10.6 Å². The zero-order valence-corrected chi connectivity index (χ0v) is 14.4. The molecule has 1 aromatic rings. The number of nitrogens with zero attached hydrogens (tertiary/aromatic N) is 1. The van der Waals surface area contributed by atoms with Gasteiger partial charge in [0.15, 0.2) is 5.78 Å². The molecule has 1 heterocycles. The summed E-state index contributed by atoms with van der Waals surface area (Å²) in [5, 5.41) is 5.27. The van der Waals surface area contributed by atoms with Gasteiger partial charge in [-0.1, -0.05) is 12.1 Å². The second-order valence-electron chi connectivity index (χ2n) is 5.59. The predicted octanol–water partition coefficient (Wildman–Crippen LogP) is 0.671. The number of hydrogen-bond acceptors (Lipinski definition) is 5. The Balaban J connectivity index is 1.85. The normalized spacial score (nSPS) is 18.8. The molecule has 0 saturated carbocycles. The Bertz CT molecular complexity index is 720. The van der Waals surface area contributed by atoms with Gasteiger partial charge in [0.2, 0.25) is 10.0 Å². The molecule has 1 atom stereocenters. The number of carbonyl (C=O) groups excluding carboxylic acids is 2. The van der Waals surface area contributed by atoms with Crippen LogP contribution in [-0.4, -0.2) is 63.1 Å². The number of carbonyl (C=O) groups is 2. The number of urea groups is 1. The number of rotatable bonds is 5. The molecule has 9 heteroatoms. The summed E-state index contributed by atoms with van der Waals surface area (Å²) in [6, 6.07) is 6.16. The molecule has 0 spiro atoms. The molecule has 2 rings (SSSR count). The molecule has 24 heavy (non-hydrogen) atoms. The largest absolute Gasteiger partial charge is 0.374 e. The zero-order valence-electron chi connectivity index (χ0n) is 13.6. The summed E-state index contributed by atoms with van der Waals surface area (Å²) in [5.41, 5.74) is 1.01. The van der Waals surface area contributed by atoms with E-state index in [0.29, 0.717) is 24.4 Å². The monoisotopic (exact) mass is 355 g/mol. The van der Waals surface area contributed by atoms with Gasteiger partial charge in [-0.25, -0.2) is 13.2 Å². The Labute approximate surface area is 141 Å². The van der Waals surface area contributed by atoms with Crippen molar-refractivity contribution in [3.63, 3.8) is 0 Å². The number of amides is 2. The van der Waals surface area contributed by atoms with E-state index in [1.165, 1.54) is 11.2 Å². The molecule has 8 nitrogen and oxygen atoms in total. The molecule has 1 saturated heterocycles. The van der Waals surface area contributed by atoms with Crippen molar-refractivity contribution in [2.75, 3.05) is 37.8 Å². The number of morpholine rings is 1. The SMILES string of the molecule is CC(=O)c1cccc(NC(=O)NC[C@H]2CN(S(C)(=O)=O)CCO2)c1. The minimum atomic E-state index is -3.27. The van der Waals surface area contributed by atoms with Crippen molar-refractivity contribution in [3.05, 3.63) is 29.8 Å². The van der Waals surface area contributed by atoms with Crippen molar-refractivity contribution < 1.29 is 22.7 Å². The average molecular weight is 355 g/mol. The fourth-order valence-electron chi connectivity index (χ4n) is 2.31. The lowest BCUT2D eigenvalue weighted by molar-refractivity contribution is 0.00167. The molecule has 0 bridgehead atoms. The van der Waals surface area contributed by atoms with Crippen LogP contribution in [0.25, 0.3) is 0 Å². The van der Waals surface area contributed by atoms with Crippen molar-refractivity contribution in [2.45, 2.75) is 13.0 Å². The van der Waals surface area contributed by atoms with Crippen LogP contribution in [0.15, 0.2) is 24.3 Å². The first-order valence-electron chi connectivity index (χ1n) is 7.48. The van der Waals surface area contributed by atoms with Crippen molar-refractivity contribution in [3.8, 4) is 0 Å². The highest BCUT2D eigenvalue weighted by Crippen LogP contribution is 2.11. The van der Waals surface area contributed by atoms with Crippen molar-refractivity contribution in [1.29, 1.82) is 0 Å². The third-order valence-corrected chi connectivity index (χ3v) is 4.86. The molecule has 132 valence electrons. The molecule has 1 aromatic carbocycles.